The monoisotopic (exact) mass is 343 g/mol. The minimum absolute atomic E-state index is 0.119. The molecule has 1 aliphatic heterocycles. The minimum atomic E-state index is -0.540. The van der Waals surface area contributed by atoms with Gasteiger partial charge < -0.3 is 16.0 Å². The summed E-state index contributed by atoms with van der Waals surface area (Å²) in [5, 5.41) is 11.0. The molecule has 24 heavy (non-hydrogen) atoms. The van der Waals surface area contributed by atoms with Crippen LogP contribution in [0, 0.1) is 13.8 Å². The van der Waals surface area contributed by atoms with E-state index in [2.05, 4.69) is 16.0 Å². The number of carbonyl (C=O) groups excluding carboxylic acids is 2. The van der Waals surface area contributed by atoms with E-state index in [-0.39, 0.29) is 18.2 Å². The Balaban J connectivity index is 1.55. The number of carbonyl (C=O) groups is 2. The van der Waals surface area contributed by atoms with Crippen LogP contribution in [-0.2, 0) is 16.0 Å². The van der Waals surface area contributed by atoms with Crippen molar-refractivity contribution in [2.75, 3.05) is 17.2 Å². The van der Waals surface area contributed by atoms with Crippen LogP contribution in [0.5, 0.6) is 0 Å². The van der Waals surface area contributed by atoms with Gasteiger partial charge in [-0.3, -0.25) is 9.59 Å². The van der Waals surface area contributed by atoms with E-state index in [1.54, 1.807) is 11.3 Å². The van der Waals surface area contributed by atoms with Crippen molar-refractivity contribution in [3.05, 3.63) is 45.6 Å². The second-order valence-corrected chi connectivity index (χ2v) is 7.08. The van der Waals surface area contributed by atoms with Crippen LogP contribution in [0.4, 0.5) is 11.4 Å². The summed E-state index contributed by atoms with van der Waals surface area (Å²) in [6, 6.07) is 7.47. The number of anilines is 2. The van der Waals surface area contributed by atoms with Gasteiger partial charge in [-0.1, -0.05) is 6.07 Å². The van der Waals surface area contributed by atoms with E-state index in [0.29, 0.717) is 6.54 Å². The molecule has 1 aromatic carbocycles. The maximum Gasteiger partial charge on any atom is 0.247 e. The molecule has 1 aromatic heterocycles. The molecule has 126 valence electrons. The highest BCUT2D eigenvalue weighted by Crippen LogP contribution is 2.30. The Kier molecular flexibility index (Phi) is 4.85. The van der Waals surface area contributed by atoms with E-state index in [4.69, 9.17) is 0 Å². The van der Waals surface area contributed by atoms with Crippen molar-refractivity contribution in [2.45, 2.75) is 32.7 Å². The molecule has 5 nitrogen and oxygen atoms in total. The zero-order valence-corrected chi connectivity index (χ0v) is 14.6. The minimum Gasteiger partial charge on any atom is -0.372 e. The van der Waals surface area contributed by atoms with Gasteiger partial charge >= 0.3 is 0 Å². The molecular weight excluding hydrogens is 322 g/mol. The number of nitrogens with one attached hydrogen (secondary N) is 3. The highest BCUT2D eigenvalue weighted by atomic mass is 32.1. The Morgan fingerprint density at radius 1 is 1.25 bits per heavy atom. The maximum absolute atomic E-state index is 12.2. The number of amides is 2. The number of benzene rings is 1. The Bertz CT molecular complexity index is 756. The van der Waals surface area contributed by atoms with Crippen molar-refractivity contribution < 1.29 is 9.59 Å². The van der Waals surface area contributed by atoms with Crippen LogP contribution in [0.25, 0.3) is 0 Å². The second-order valence-electron chi connectivity index (χ2n) is 6.05. The molecule has 1 atom stereocenters. The van der Waals surface area contributed by atoms with Crippen molar-refractivity contribution in [1.82, 2.24) is 5.32 Å². The van der Waals surface area contributed by atoms with Crippen molar-refractivity contribution >= 4 is 34.5 Å². The molecular formula is C18H21N3O2S. The largest absolute Gasteiger partial charge is 0.372 e. The van der Waals surface area contributed by atoms with Crippen LogP contribution in [0.15, 0.2) is 29.6 Å². The molecule has 0 bridgehead atoms. The van der Waals surface area contributed by atoms with Gasteiger partial charge in [-0.2, -0.15) is 0 Å². The molecule has 0 aliphatic carbocycles. The molecule has 2 aromatic rings. The Morgan fingerprint density at radius 3 is 2.71 bits per heavy atom. The van der Waals surface area contributed by atoms with Gasteiger partial charge in [-0.05, 0) is 55.0 Å². The lowest BCUT2D eigenvalue weighted by Crippen LogP contribution is -2.42. The maximum atomic E-state index is 12.2. The highest BCUT2D eigenvalue weighted by Gasteiger charge is 2.27. The van der Waals surface area contributed by atoms with Gasteiger partial charge in [0.15, 0.2) is 0 Å². The molecule has 0 saturated carbocycles. The topological polar surface area (TPSA) is 70.2 Å². The fraction of sp³-hybridized carbons (Fsp3) is 0.333. The third-order valence-electron chi connectivity index (χ3n) is 4.20. The average molecular weight is 343 g/mol. The zero-order valence-electron chi connectivity index (χ0n) is 13.8. The molecule has 3 rings (SSSR count). The van der Waals surface area contributed by atoms with E-state index >= 15 is 0 Å². The first-order valence-corrected chi connectivity index (χ1v) is 8.88. The Hall–Kier alpha value is -2.34. The van der Waals surface area contributed by atoms with Crippen molar-refractivity contribution in [2.24, 2.45) is 0 Å². The first-order chi connectivity index (χ1) is 11.5. The van der Waals surface area contributed by atoms with Crippen LogP contribution >= 0.6 is 11.3 Å². The Morgan fingerprint density at radius 2 is 2.00 bits per heavy atom. The molecule has 2 amide bonds. The van der Waals surface area contributed by atoms with Gasteiger partial charge in [0, 0.05) is 11.4 Å². The normalized spacial score (nSPS) is 16.1. The standard InChI is InChI=1S/C18H21N3O2S/c1-11-8-14-15(9-12(11)2)21-18(23)16(20-14)10-17(22)19-6-5-13-4-3-7-24-13/h3-4,7-9,16,20H,5-6,10H2,1-2H3,(H,19,22)(H,21,23). The molecule has 6 heteroatoms. The molecule has 0 radical (unpaired) electrons. The summed E-state index contributed by atoms with van der Waals surface area (Å²) in [6.07, 6.45) is 0.942. The predicted molar refractivity (Wildman–Crippen MR) is 97.6 cm³/mol. The lowest BCUT2D eigenvalue weighted by Gasteiger charge is -2.27. The number of fused-ring (bicyclic) bond motifs is 1. The number of hydrogen-bond donors (Lipinski definition) is 3. The average Bonchev–Trinajstić information content (AvgIpc) is 3.03. The summed E-state index contributed by atoms with van der Waals surface area (Å²) in [5.74, 6) is -0.286. The summed E-state index contributed by atoms with van der Waals surface area (Å²) in [6.45, 7) is 4.62. The quantitative estimate of drug-likeness (QED) is 0.782. The smallest absolute Gasteiger partial charge is 0.247 e. The zero-order chi connectivity index (χ0) is 17.1. The van der Waals surface area contributed by atoms with Gasteiger partial charge in [-0.15, -0.1) is 11.3 Å². The van der Waals surface area contributed by atoms with Gasteiger partial charge in [0.2, 0.25) is 11.8 Å². The fourth-order valence-electron chi connectivity index (χ4n) is 2.69. The van der Waals surface area contributed by atoms with Gasteiger partial charge in [-0.25, -0.2) is 0 Å². The predicted octanol–water partition coefficient (Wildman–Crippen LogP) is 2.85. The summed E-state index contributed by atoms with van der Waals surface area (Å²) >= 11 is 1.68. The molecule has 0 spiro atoms. The van der Waals surface area contributed by atoms with Crippen LogP contribution in [0.1, 0.15) is 22.4 Å². The molecule has 1 aliphatic rings. The first-order valence-electron chi connectivity index (χ1n) is 8.00. The number of aryl methyl sites for hydroxylation is 2. The van der Waals surface area contributed by atoms with Crippen LogP contribution < -0.4 is 16.0 Å². The first kappa shape index (κ1) is 16.5. The van der Waals surface area contributed by atoms with E-state index in [9.17, 15) is 9.59 Å². The van der Waals surface area contributed by atoms with E-state index in [0.717, 1.165) is 28.9 Å². The van der Waals surface area contributed by atoms with E-state index in [1.807, 2.05) is 43.5 Å². The summed E-state index contributed by atoms with van der Waals surface area (Å²) in [4.78, 5) is 25.5. The third-order valence-corrected chi connectivity index (χ3v) is 5.14. The lowest BCUT2D eigenvalue weighted by atomic mass is 10.0. The molecule has 0 fully saturated rings. The van der Waals surface area contributed by atoms with E-state index in [1.165, 1.54) is 4.88 Å². The number of rotatable bonds is 5. The Labute approximate surface area is 145 Å². The molecule has 2 heterocycles. The summed E-state index contributed by atoms with van der Waals surface area (Å²) < 4.78 is 0. The lowest BCUT2D eigenvalue weighted by molar-refractivity contribution is -0.124. The summed E-state index contributed by atoms with van der Waals surface area (Å²) in [5.41, 5.74) is 3.92. The van der Waals surface area contributed by atoms with Crippen molar-refractivity contribution in [1.29, 1.82) is 0 Å². The third kappa shape index (κ3) is 3.76. The van der Waals surface area contributed by atoms with Crippen LogP contribution in [-0.4, -0.2) is 24.4 Å². The SMILES string of the molecule is Cc1cc2c(cc1C)NC(CC(=O)NCCc1cccs1)C(=O)N2. The van der Waals surface area contributed by atoms with Gasteiger partial charge in [0.1, 0.15) is 6.04 Å². The van der Waals surface area contributed by atoms with Crippen molar-refractivity contribution in [3.8, 4) is 0 Å². The van der Waals surface area contributed by atoms with Crippen molar-refractivity contribution in [3.63, 3.8) is 0 Å². The fourth-order valence-corrected chi connectivity index (χ4v) is 3.40. The van der Waals surface area contributed by atoms with Gasteiger partial charge in [0.25, 0.3) is 0 Å². The van der Waals surface area contributed by atoms with Gasteiger partial charge in [0.05, 0.1) is 17.8 Å². The highest BCUT2D eigenvalue weighted by molar-refractivity contribution is 7.09. The van der Waals surface area contributed by atoms with E-state index < -0.39 is 6.04 Å². The molecule has 0 saturated heterocycles. The second kappa shape index (κ2) is 7.05. The number of thiophene rings is 1. The van der Waals surface area contributed by atoms with Crippen LogP contribution in [0.2, 0.25) is 0 Å². The number of hydrogen-bond acceptors (Lipinski definition) is 4. The van der Waals surface area contributed by atoms with Crippen LogP contribution in [0.3, 0.4) is 0 Å². The molecule has 1 unspecified atom stereocenters. The summed E-state index contributed by atoms with van der Waals surface area (Å²) in [7, 11) is 0. The molecule has 3 N–H and O–H groups in total.